The molecule has 0 atom stereocenters. The van der Waals surface area contributed by atoms with Crippen LogP contribution in [0.5, 0.6) is 0 Å². The summed E-state index contributed by atoms with van der Waals surface area (Å²) in [7, 11) is 0. The second kappa shape index (κ2) is 4.72. The summed E-state index contributed by atoms with van der Waals surface area (Å²) >= 11 is 0. The molecule has 3 aromatic rings. The van der Waals surface area contributed by atoms with Gasteiger partial charge in [0.1, 0.15) is 0 Å². The van der Waals surface area contributed by atoms with E-state index in [2.05, 4.69) is 16.9 Å². The second-order valence-corrected chi connectivity index (χ2v) is 4.49. The summed E-state index contributed by atoms with van der Waals surface area (Å²) in [5.74, 6) is 0.191. The van der Waals surface area contributed by atoms with Crippen molar-refractivity contribution >= 4 is 10.9 Å². The van der Waals surface area contributed by atoms with Crippen LogP contribution in [0.1, 0.15) is 19.0 Å². The Labute approximate surface area is 110 Å². The molecule has 19 heavy (non-hydrogen) atoms. The molecule has 0 aliphatic carbocycles. The van der Waals surface area contributed by atoms with E-state index in [-0.39, 0.29) is 0 Å². The maximum atomic E-state index is 11.4. The standard InChI is InChI=1S/C15H14N2O2/c1-2-5-13-14(19-15(18)17-13)11-8-10-6-3-4-7-12(10)16-9-11/h3-4,6-9H,2,5H2,1H3,(H,17,18). The van der Waals surface area contributed by atoms with Gasteiger partial charge in [0.15, 0.2) is 5.76 Å². The molecule has 0 bridgehead atoms. The molecular formula is C15H14N2O2. The molecule has 96 valence electrons. The normalized spacial score (nSPS) is 11.0. The van der Waals surface area contributed by atoms with Crippen molar-refractivity contribution in [1.29, 1.82) is 0 Å². The summed E-state index contributed by atoms with van der Waals surface area (Å²) < 4.78 is 5.25. The highest BCUT2D eigenvalue weighted by molar-refractivity contribution is 5.82. The fourth-order valence-electron chi connectivity index (χ4n) is 2.21. The zero-order valence-electron chi connectivity index (χ0n) is 10.6. The van der Waals surface area contributed by atoms with E-state index in [1.54, 1.807) is 6.20 Å². The van der Waals surface area contributed by atoms with Crippen molar-refractivity contribution in [3.05, 3.63) is 52.8 Å². The third-order valence-corrected chi connectivity index (χ3v) is 3.07. The number of H-pyrrole nitrogens is 1. The Bertz CT molecular complexity index is 771. The Morgan fingerprint density at radius 2 is 2.16 bits per heavy atom. The van der Waals surface area contributed by atoms with Crippen LogP contribution in [0.2, 0.25) is 0 Å². The lowest BCUT2D eigenvalue weighted by Gasteiger charge is -2.02. The summed E-state index contributed by atoms with van der Waals surface area (Å²) in [5, 5.41) is 1.03. The Kier molecular flexibility index (Phi) is 2.91. The van der Waals surface area contributed by atoms with Gasteiger partial charge in [0.2, 0.25) is 0 Å². The topological polar surface area (TPSA) is 58.9 Å². The lowest BCUT2D eigenvalue weighted by atomic mass is 10.1. The summed E-state index contributed by atoms with van der Waals surface area (Å²) in [6, 6.07) is 9.87. The minimum absolute atomic E-state index is 0.411. The van der Waals surface area contributed by atoms with E-state index in [0.29, 0.717) is 5.76 Å². The van der Waals surface area contributed by atoms with Gasteiger partial charge < -0.3 is 4.42 Å². The van der Waals surface area contributed by atoms with Crippen LogP contribution in [0.25, 0.3) is 22.2 Å². The van der Waals surface area contributed by atoms with Gasteiger partial charge in [-0.15, -0.1) is 0 Å². The van der Waals surface area contributed by atoms with Crippen LogP contribution in [-0.2, 0) is 6.42 Å². The molecule has 0 aliphatic rings. The molecule has 0 radical (unpaired) electrons. The molecule has 0 spiro atoms. The number of benzene rings is 1. The van der Waals surface area contributed by atoms with Gasteiger partial charge in [0.05, 0.1) is 11.2 Å². The van der Waals surface area contributed by atoms with Gasteiger partial charge in [-0.3, -0.25) is 9.97 Å². The van der Waals surface area contributed by atoms with Gasteiger partial charge in [-0.1, -0.05) is 31.5 Å². The minimum atomic E-state index is -0.411. The van der Waals surface area contributed by atoms with Gasteiger partial charge in [-0.05, 0) is 18.6 Å². The number of para-hydroxylation sites is 1. The summed E-state index contributed by atoms with van der Waals surface area (Å²) in [5.41, 5.74) is 2.60. The SMILES string of the molecule is CCCc1[nH]c(=O)oc1-c1cnc2ccccc2c1. The average molecular weight is 254 g/mol. The number of aryl methyl sites for hydroxylation is 1. The zero-order valence-corrected chi connectivity index (χ0v) is 10.6. The number of aromatic amines is 1. The summed E-state index contributed by atoms with van der Waals surface area (Å²) in [4.78, 5) is 18.5. The van der Waals surface area contributed by atoms with Crippen LogP contribution in [0.3, 0.4) is 0 Å². The number of hydrogen-bond donors (Lipinski definition) is 1. The van der Waals surface area contributed by atoms with Gasteiger partial charge in [-0.25, -0.2) is 4.79 Å². The lowest BCUT2D eigenvalue weighted by molar-refractivity contribution is 0.528. The van der Waals surface area contributed by atoms with Gasteiger partial charge >= 0.3 is 5.76 Å². The maximum absolute atomic E-state index is 11.4. The number of oxazole rings is 1. The van der Waals surface area contributed by atoms with Gasteiger partial charge in [0.25, 0.3) is 0 Å². The highest BCUT2D eigenvalue weighted by Gasteiger charge is 2.12. The predicted octanol–water partition coefficient (Wildman–Crippen LogP) is 3.14. The maximum Gasteiger partial charge on any atom is 0.417 e. The highest BCUT2D eigenvalue weighted by atomic mass is 16.4. The van der Waals surface area contributed by atoms with E-state index in [4.69, 9.17) is 4.42 Å². The second-order valence-electron chi connectivity index (χ2n) is 4.49. The Balaban J connectivity index is 2.15. The molecule has 0 fully saturated rings. The molecule has 1 aromatic carbocycles. The number of aromatic nitrogens is 2. The number of hydrogen-bond acceptors (Lipinski definition) is 3. The Morgan fingerprint density at radius 3 is 3.00 bits per heavy atom. The van der Waals surface area contributed by atoms with E-state index in [1.165, 1.54) is 0 Å². The molecule has 1 N–H and O–H groups in total. The van der Waals surface area contributed by atoms with Crippen molar-refractivity contribution in [1.82, 2.24) is 9.97 Å². The fourth-order valence-corrected chi connectivity index (χ4v) is 2.21. The van der Waals surface area contributed by atoms with Crippen LogP contribution in [0.15, 0.2) is 45.7 Å². The monoisotopic (exact) mass is 254 g/mol. The quantitative estimate of drug-likeness (QED) is 0.781. The smallest absolute Gasteiger partial charge is 0.408 e. The van der Waals surface area contributed by atoms with Gasteiger partial charge in [0, 0.05) is 17.1 Å². The van der Waals surface area contributed by atoms with Crippen molar-refractivity contribution < 1.29 is 4.42 Å². The molecule has 4 heteroatoms. The van der Waals surface area contributed by atoms with E-state index in [1.807, 2.05) is 30.3 Å². The van der Waals surface area contributed by atoms with Crippen LogP contribution in [0.4, 0.5) is 0 Å². The van der Waals surface area contributed by atoms with Crippen molar-refractivity contribution in [2.75, 3.05) is 0 Å². The van der Waals surface area contributed by atoms with Crippen LogP contribution < -0.4 is 5.76 Å². The van der Waals surface area contributed by atoms with E-state index in [9.17, 15) is 4.79 Å². The first-order valence-corrected chi connectivity index (χ1v) is 6.35. The molecule has 0 unspecified atom stereocenters. The fraction of sp³-hybridized carbons (Fsp3) is 0.200. The first-order valence-electron chi connectivity index (χ1n) is 6.35. The van der Waals surface area contributed by atoms with Crippen LogP contribution in [-0.4, -0.2) is 9.97 Å². The molecule has 0 saturated heterocycles. The molecule has 2 heterocycles. The van der Waals surface area contributed by atoms with Crippen molar-refractivity contribution in [2.24, 2.45) is 0 Å². The number of rotatable bonds is 3. The third-order valence-electron chi connectivity index (χ3n) is 3.07. The minimum Gasteiger partial charge on any atom is -0.408 e. The van der Waals surface area contributed by atoms with E-state index < -0.39 is 5.76 Å². The molecule has 3 rings (SSSR count). The van der Waals surface area contributed by atoms with Crippen molar-refractivity contribution in [2.45, 2.75) is 19.8 Å². The third kappa shape index (κ3) is 2.17. The molecule has 0 aliphatic heterocycles. The Hall–Kier alpha value is -2.36. The molecule has 2 aromatic heterocycles. The highest BCUT2D eigenvalue weighted by Crippen LogP contribution is 2.24. The van der Waals surface area contributed by atoms with Crippen molar-refractivity contribution in [3.8, 4) is 11.3 Å². The average Bonchev–Trinajstić information content (AvgIpc) is 2.80. The molecule has 4 nitrogen and oxygen atoms in total. The first-order chi connectivity index (χ1) is 9.28. The summed E-state index contributed by atoms with van der Waals surface area (Å²) in [6.45, 7) is 2.06. The zero-order chi connectivity index (χ0) is 13.2. The number of fused-ring (bicyclic) bond motifs is 1. The number of pyridine rings is 1. The van der Waals surface area contributed by atoms with E-state index >= 15 is 0 Å². The molecular weight excluding hydrogens is 240 g/mol. The lowest BCUT2D eigenvalue weighted by Crippen LogP contribution is -1.96. The van der Waals surface area contributed by atoms with Crippen LogP contribution in [0, 0.1) is 0 Å². The largest absolute Gasteiger partial charge is 0.417 e. The summed E-state index contributed by atoms with van der Waals surface area (Å²) in [6.07, 6.45) is 3.48. The molecule has 0 amide bonds. The number of nitrogens with zero attached hydrogens (tertiary/aromatic N) is 1. The van der Waals surface area contributed by atoms with Crippen molar-refractivity contribution in [3.63, 3.8) is 0 Å². The van der Waals surface area contributed by atoms with Gasteiger partial charge in [-0.2, -0.15) is 0 Å². The molecule has 0 saturated carbocycles. The first kappa shape index (κ1) is 11.7. The van der Waals surface area contributed by atoms with E-state index in [0.717, 1.165) is 35.0 Å². The predicted molar refractivity (Wildman–Crippen MR) is 74.1 cm³/mol. The number of nitrogens with one attached hydrogen (secondary N) is 1. The van der Waals surface area contributed by atoms with Crippen LogP contribution >= 0.6 is 0 Å². The Morgan fingerprint density at radius 1 is 1.32 bits per heavy atom.